The number of amides is 2. The van der Waals surface area contributed by atoms with Gasteiger partial charge in [-0.15, -0.1) is 0 Å². The van der Waals surface area contributed by atoms with Crippen LogP contribution in [0.1, 0.15) is 16.7 Å². The number of hydrogen-bond acceptors (Lipinski definition) is 2. The highest BCUT2D eigenvalue weighted by Gasteiger charge is 2.33. The van der Waals surface area contributed by atoms with Crippen LogP contribution in [0.4, 0.5) is 29.5 Å². The molecule has 1 aromatic heterocycles. The molecule has 1 heterocycles. The Kier molecular flexibility index (Phi) is 5.16. The van der Waals surface area contributed by atoms with Crippen LogP contribution in [-0.2, 0) is 12.7 Å². The molecule has 2 aromatic carbocycles. The minimum atomic E-state index is -4.56. The first-order chi connectivity index (χ1) is 12.8. The van der Waals surface area contributed by atoms with Gasteiger partial charge in [0.15, 0.2) is 5.82 Å². The van der Waals surface area contributed by atoms with Gasteiger partial charge in [-0.2, -0.15) is 18.3 Å². The van der Waals surface area contributed by atoms with E-state index in [2.05, 4.69) is 15.7 Å². The fourth-order valence-electron chi connectivity index (χ4n) is 2.51. The second kappa shape index (κ2) is 7.53. The summed E-state index contributed by atoms with van der Waals surface area (Å²) in [5.41, 5.74) is 0.961. The van der Waals surface area contributed by atoms with Gasteiger partial charge in [-0.1, -0.05) is 42.0 Å². The van der Waals surface area contributed by atoms with Crippen molar-refractivity contribution in [3.05, 3.63) is 77.5 Å². The highest BCUT2D eigenvalue weighted by Crippen LogP contribution is 2.34. The number of aryl methyl sites for hydroxylation is 1. The van der Waals surface area contributed by atoms with Crippen molar-refractivity contribution in [2.45, 2.75) is 19.6 Å². The van der Waals surface area contributed by atoms with Gasteiger partial charge in [0.25, 0.3) is 0 Å². The number of hydrogen-bond donors (Lipinski definition) is 2. The highest BCUT2D eigenvalue weighted by molar-refractivity contribution is 5.99. The summed E-state index contributed by atoms with van der Waals surface area (Å²) >= 11 is 0. The van der Waals surface area contributed by atoms with Crippen molar-refractivity contribution in [3.63, 3.8) is 0 Å². The average Bonchev–Trinajstić information content (AvgIpc) is 3.03. The quantitative estimate of drug-likeness (QED) is 0.682. The number of urea groups is 1. The molecule has 0 fully saturated rings. The minimum absolute atomic E-state index is 0.240. The minimum Gasteiger partial charge on any atom is -0.307 e. The Bertz CT molecular complexity index is 933. The summed E-state index contributed by atoms with van der Waals surface area (Å²) in [6.07, 6.45) is -2.88. The first-order valence-corrected chi connectivity index (χ1v) is 8.14. The van der Waals surface area contributed by atoms with E-state index in [1.165, 1.54) is 18.2 Å². The number of carbonyl (C=O) groups excluding carboxylic acids is 1. The molecule has 3 aromatic rings. The summed E-state index contributed by atoms with van der Waals surface area (Å²) in [5, 5.41) is 8.85. The number of halogens is 3. The largest absolute Gasteiger partial charge is 0.418 e. The molecule has 0 saturated carbocycles. The van der Waals surface area contributed by atoms with Crippen LogP contribution in [0, 0.1) is 6.92 Å². The van der Waals surface area contributed by atoms with Gasteiger partial charge in [0.2, 0.25) is 0 Å². The molecule has 140 valence electrons. The lowest BCUT2D eigenvalue weighted by molar-refractivity contribution is -0.136. The van der Waals surface area contributed by atoms with Crippen molar-refractivity contribution < 1.29 is 18.0 Å². The molecule has 0 saturated heterocycles. The zero-order valence-electron chi connectivity index (χ0n) is 14.4. The molecule has 0 atom stereocenters. The molecule has 0 aliphatic rings. The summed E-state index contributed by atoms with van der Waals surface area (Å²) in [4.78, 5) is 12.0. The Labute approximate surface area is 153 Å². The van der Waals surface area contributed by atoms with E-state index in [0.717, 1.165) is 17.2 Å². The van der Waals surface area contributed by atoms with E-state index < -0.39 is 17.8 Å². The number of alkyl halides is 3. The number of anilines is 2. The third kappa shape index (κ3) is 4.87. The lowest BCUT2D eigenvalue weighted by Crippen LogP contribution is -2.22. The maximum Gasteiger partial charge on any atom is 0.418 e. The molecule has 5 nitrogen and oxygen atoms in total. The van der Waals surface area contributed by atoms with Crippen LogP contribution in [0.25, 0.3) is 0 Å². The topological polar surface area (TPSA) is 59.0 Å². The van der Waals surface area contributed by atoms with Crippen LogP contribution in [0.15, 0.2) is 60.8 Å². The molecular weight excluding hydrogens is 357 g/mol. The molecule has 0 radical (unpaired) electrons. The molecule has 8 heteroatoms. The second-order valence-electron chi connectivity index (χ2n) is 6.01. The van der Waals surface area contributed by atoms with E-state index in [1.54, 1.807) is 16.9 Å². The standard InChI is InChI=1S/C19H17F3N4O/c1-13-6-8-14(9-7-13)12-26-11-10-17(25-26)24-18(27)23-16-5-3-2-4-15(16)19(20,21)22/h2-11H,12H2,1H3,(H2,23,24,25,27). The van der Waals surface area contributed by atoms with E-state index in [0.29, 0.717) is 6.54 Å². The van der Waals surface area contributed by atoms with Crippen LogP contribution in [0.2, 0.25) is 0 Å². The molecular formula is C19H17F3N4O. The van der Waals surface area contributed by atoms with Gasteiger partial charge in [0, 0.05) is 12.3 Å². The number of aromatic nitrogens is 2. The van der Waals surface area contributed by atoms with Crippen molar-refractivity contribution in [2.24, 2.45) is 0 Å². The summed E-state index contributed by atoms with van der Waals surface area (Å²) in [7, 11) is 0. The van der Waals surface area contributed by atoms with Crippen molar-refractivity contribution in [2.75, 3.05) is 10.6 Å². The molecule has 3 rings (SSSR count). The lowest BCUT2D eigenvalue weighted by atomic mass is 10.1. The Balaban J connectivity index is 1.64. The van der Waals surface area contributed by atoms with E-state index >= 15 is 0 Å². The number of nitrogens with one attached hydrogen (secondary N) is 2. The highest BCUT2D eigenvalue weighted by atomic mass is 19.4. The van der Waals surface area contributed by atoms with Crippen LogP contribution in [-0.4, -0.2) is 15.8 Å². The van der Waals surface area contributed by atoms with Gasteiger partial charge in [-0.3, -0.25) is 10.00 Å². The summed E-state index contributed by atoms with van der Waals surface area (Å²) in [6, 6.07) is 13.5. The van der Waals surface area contributed by atoms with Crippen molar-refractivity contribution in [1.29, 1.82) is 0 Å². The Morgan fingerprint density at radius 2 is 1.74 bits per heavy atom. The third-order valence-electron chi connectivity index (χ3n) is 3.83. The van der Waals surface area contributed by atoms with Gasteiger partial charge < -0.3 is 5.32 Å². The van der Waals surface area contributed by atoms with E-state index in [9.17, 15) is 18.0 Å². The smallest absolute Gasteiger partial charge is 0.307 e. The van der Waals surface area contributed by atoms with E-state index in [-0.39, 0.29) is 11.5 Å². The molecule has 0 bridgehead atoms. The van der Waals surface area contributed by atoms with Crippen molar-refractivity contribution in [3.8, 4) is 0 Å². The van der Waals surface area contributed by atoms with Gasteiger partial charge in [0.05, 0.1) is 17.8 Å². The van der Waals surface area contributed by atoms with Gasteiger partial charge in [-0.25, -0.2) is 4.79 Å². The second-order valence-corrected chi connectivity index (χ2v) is 6.01. The maximum atomic E-state index is 13.0. The first kappa shape index (κ1) is 18.5. The zero-order chi connectivity index (χ0) is 19.4. The molecule has 0 spiro atoms. The Morgan fingerprint density at radius 1 is 1.04 bits per heavy atom. The Hall–Kier alpha value is -3.29. The Morgan fingerprint density at radius 3 is 2.44 bits per heavy atom. The van der Waals surface area contributed by atoms with Gasteiger partial charge in [0.1, 0.15) is 0 Å². The van der Waals surface area contributed by atoms with Crippen LogP contribution >= 0.6 is 0 Å². The predicted molar refractivity (Wildman–Crippen MR) is 96.6 cm³/mol. The monoisotopic (exact) mass is 374 g/mol. The third-order valence-corrected chi connectivity index (χ3v) is 3.83. The maximum absolute atomic E-state index is 13.0. The lowest BCUT2D eigenvalue weighted by Gasteiger charge is -2.13. The normalized spacial score (nSPS) is 11.3. The number of nitrogens with zero attached hydrogens (tertiary/aromatic N) is 2. The van der Waals surface area contributed by atoms with Crippen LogP contribution in [0.5, 0.6) is 0 Å². The van der Waals surface area contributed by atoms with Crippen molar-refractivity contribution >= 4 is 17.5 Å². The van der Waals surface area contributed by atoms with Crippen LogP contribution in [0.3, 0.4) is 0 Å². The number of benzene rings is 2. The summed E-state index contributed by atoms with van der Waals surface area (Å²) in [6.45, 7) is 2.51. The molecule has 0 aliphatic heterocycles. The fourth-order valence-corrected chi connectivity index (χ4v) is 2.51. The molecule has 0 unspecified atom stereocenters. The van der Waals surface area contributed by atoms with Crippen molar-refractivity contribution in [1.82, 2.24) is 9.78 Å². The van der Waals surface area contributed by atoms with Crippen LogP contribution < -0.4 is 10.6 Å². The van der Waals surface area contributed by atoms with E-state index in [4.69, 9.17) is 0 Å². The molecule has 0 aliphatic carbocycles. The van der Waals surface area contributed by atoms with Gasteiger partial charge in [-0.05, 0) is 24.6 Å². The first-order valence-electron chi connectivity index (χ1n) is 8.14. The summed E-state index contributed by atoms with van der Waals surface area (Å²) < 4.78 is 40.5. The number of carbonyl (C=O) groups is 1. The number of para-hydroxylation sites is 1. The predicted octanol–water partition coefficient (Wildman–Crippen LogP) is 4.90. The average molecular weight is 374 g/mol. The zero-order valence-corrected chi connectivity index (χ0v) is 14.4. The SMILES string of the molecule is Cc1ccc(Cn2ccc(NC(=O)Nc3ccccc3C(F)(F)F)n2)cc1. The van der Waals surface area contributed by atoms with E-state index in [1.807, 2.05) is 31.2 Å². The molecule has 2 amide bonds. The number of rotatable bonds is 4. The fraction of sp³-hybridized carbons (Fsp3) is 0.158. The summed E-state index contributed by atoms with van der Waals surface area (Å²) in [5.74, 6) is 0.240. The molecule has 27 heavy (non-hydrogen) atoms. The van der Waals surface area contributed by atoms with Gasteiger partial charge >= 0.3 is 12.2 Å². The molecule has 2 N–H and O–H groups in total.